The maximum absolute atomic E-state index is 13.6. The number of hydrogen-bond donors (Lipinski definition) is 1. The predicted octanol–water partition coefficient (Wildman–Crippen LogP) is 3.48. The average molecular weight is 474 g/mol. The summed E-state index contributed by atoms with van der Waals surface area (Å²) in [5.74, 6) is -0.672. The number of nitrogens with one attached hydrogen (secondary N) is 1. The number of carbonyl (C=O) groups is 2. The second-order valence-electron chi connectivity index (χ2n) is 8.36. The summed E-state index contributed by atoms with van der Waals surface area (Å²) in [6.07, 6.45) is 2.26. The van der Waals surface area contributed by atoms with Gasteiger partial charge in [0.25, 0.3) is 0 Å². The lowest BCUT2D eigenvalue weighted by Crippen LogP contribution is -2.53. The molecule has 0 radical (unpaired) electrons. The Morgan fingerprint density at radius 3 is 2.21 bits per heavy atom. The van der Waals surface area contributed by atoms with Crippen LogP contribution in [0.2, 0.25) is 0 Å². The van der Waals surface area contributed by atoms with Crippen LogP contribution in [0, 0.1) is 6.92 Å². The van der Waals surface area contributed by atoms with Crippen LogP contribution in [0.1, 0.15) is 44.7 Å². The van der Waals surface area contributed by atoms with Crippen molar-refractivity contribution in [2.75, 3.05) is 17.1 Å². The van der Waals surface area contributed by atoms with E-state index < -0.39 is 22.0 Å². The number of hydrogen-bond acceptors (Lipinski definition) is 4. The SMILES string of the molecule is CC[C@@H](C)NC(=O)[C@@H](CC)N(Cc1ccccc1)C(=O)CN(c1cccc(C)c1)S(C)(=O)=O. The number of carbonyl (C=O) groups excluding carboxylic acids is 2. The number of anilines is 1. The Labute approximate surface area is 197 Å². The first-order valence-electron chi connectivity index (χ1n) is 11.2. The van der Waals surface area contributed by atoms with Gasteiger partial charge in [-0.1, -0.05) is 56.3 Å². The second-order valence-corrected chi connectivity index (χ2v) is 10.3. The van der Waals surface area contributed by atoms with Crippen molar-refractivity contribution in [3.05, 3.63) is 65.7 Å². The largest absolute Gasteiger partial charge is 0.352 e. The molecule has 7 nitrogen and oxygen atoms in total. The molecule has 2 aromatic carbocycles. The van der Waals surface area contributed by atoms with Gasteiger partial charge < -0.3 is 10.2 Å². The molecule has 0 bridgehead atoms. The first kappa shape index (κ1) is 26.4. The summed E-state index contributed by atoms with van der Waals surface area (Å²) in [4.78, 5) is 28.1. The molecule has 33 heavy (non-hydrogen) atoms. The van der Waals surface area contributed by atoms with Gasteiger partial charge in [0.1, 0.15) is 12.6 Å². The van der Waals surface area contributed by atoms with Gasteiger partial charge in [0.15, 0.2) is 0 Å². The van der Waals surface area contributed by atoms with Gasteiger partial charge in [0.05, 0.1) is 11.9 Å². The van der Waals surface area contributed by atoms with Gasteiger partial charge in [-0.05, 0) is 49.9 Å². The van der Waals surface area contributed by atoms with Gasteiger partial charge >= 0.3 is 0 Å². The summed E-state index contributed by atoms with van der Waals surface area (Å²) in [7, 11) is -3.73. The number of amides is 2. The first-order chi connectivity index (χ1) is 15.6. The van der Waals surface area contributed by atoms with Crippen LogP contribution in [0.5, 0.6) is 0 Å². The van der Waals surface area contributed by atoms with Gasteiger partial charge in [-0.3, -0.25) is 13.9 Å². The lowest BCUT2D eigenvalue weighted by Gasteiger charge is -2.33. The zero-order chi connectivity index (χ0) is 24.6. The van der Waals surface area contributed by atoms with Crippen molar-refractivity contribution in [1.29, 1.82) is 0 Å². The average Bonchev–Trinajstić information content (AvgIpc) is 2.76. The van der Waals surface area contributed by atoms with Crippen molar-refractivity contribution in [2.45, 2.75) is 59.2 Å². The van der Waals surface area contributed by atoms with Gasteiger partial charge in [-0.2, -0.15) is 0 Å². The Morgan fingerprint density at radius 2 is 1.67 bits per heavy atom. The lowest BCUT2D eigenvalue weighted by molar-refractivity contribution is -0.140. The van der Waals surface area contributed by atoms with Crippen LogP contribution in [0.25, 0.3) is 0 Å². The van der Waals surface area contributed by atoms with E-state index in [1.54, 1.807) is 18.2 Å². The van der Waals surface area contributed by atoms with Crippen LogP contribution in [-0.2, 0) is 26.2 Å². The van der Waals surface area contributed by atoms with E-state index >= 15 is 0 Å². The predicted molar refractivity (Wildman–Crippen MR) is 132 cm³/mol. The Hall–Kier alpha value is -2.87. The minimum atomic E-state index is -3.73. The van der Waals surface area contributed by atoms with Crippen molar-refractivity contribution in [2.24, 2.45) is 0 Å². The third-order valence-electron chi connectivity index (χ3n) is 5.55. The van der Waals surface area contributed by atoms with E-state index in [4.69, 9.17) is 0 Å². The Morgan fingerprint density at radius 1 is 1.00 bits per heavy atom. The highest BCUT2D eigenvalue weighted by molar-refractivity contribution is 7.92. The molecule has 1 N–H and O–H groups in total. The smallest absolute Gasteiger partial charge is 0.244 e. The summed E-state index contributed by atoms with van der Waals surface area (Å²) in [5.41, 5.74) is 2.17. The van der Waals surface area contributed by atoms with Crippen LogP contribution in [-0.4, -0.2) is 50.0 Å². The molecular formula is C25H35N3O4S. The Bertz CT molecular complexity index is 1040. The molecule has 0 saturated heterocycles. The van der Waals surface area contributed by atoms with Crippen LogP contribution in [0.3, 0.4) is 0 Å². The van der Waals surface area contributed by atoms with E-state index in [1.807, 2.05) is 64.1 Å². The fourth-order valence-corrected chi connectivity index (χ4v) is 4.38. The molecule has 0 spiro atoms. The standard InChI is InChI=1S/C25H35N3O4S/c1-6-20(4)26-25(30)23(7-2)27(17-21-13-9-8-10-14-21)24(29)18-28(33(5,31)32)22-15-11-12-19(3)16-22/h8-16,20,23H,6-7,17-18H2,1-5H3,(H,26,30)/t20-,23-/m1/s1. The van der Waals surface area contributed by atoms with Crippen molar-refractivity contribution in [3.8, 4) is 0 Å². The number of aryl methyl sites for hydroxylation is 1. The van der Waals surface area contributed by atoms with Crippen LogP contribution >= 0.6 is 0 Å². The van der Waals surface area contributed by atoms with E-state index in [0.29, 0.717) is 12.1 Å². The molecule has 2 rings (SSSR count). The lowest BCUT2D eigenvalue weighted by atomic mass is 10.1. The van der Waals surface area contributed by atoms with Crippen molar-refractivity contribution < 1.29 is 18.0 Å². The van der Waals surface area contributed by atoms with Gasteiger partial charge in [-0.25, -0.2) is 8.42 Å². The summed E-state index contributed by atoms with van der Waals surface area (Å²) in [6.45, 7) is 7.42. The van der Waals surface area contributed by atoms with Gasteiger partial charge in [-0.15, -0.1) is 0 Å². The maximum atomic E-state index is 13.6. The summed E-state index contributed by atoms with van der Waals surface area (Å²) >= 11 is 0. The normalized spacial score (nSPS) is 13.1. The number of nitrogens with zero attached hydrogens (tertiary/aromatic N) is 2. The van der Waals surface area contributed by atoms with E-state index in [9.17, 15) is 18.0 Å². The van der Waals surface area contributed by atoms with E-state index in [2.05, 4.69) is 5.32 Å². The number of benzene rings is 2. The van der Waals surface area contributed by atoms with Gasteiger partial charge in [0.2, 0.25) is 21.8 Å². The molecule has 8 heteroatoms. The van der Waals surface area contributed by atoms with E-state index in [-0.39, 0.29) is 25.0 Å². The monoisotopic (exact) mass is 473 g/mol. The zero-order valence-electron chi connectivity index (χ0n) is 20.1. The molecule has 2 aromatic rings. The quantitative estimate of drug-likeness (QED) is 0.541. The van der Waals surface area contributed by atoms with Crippen molar-refractivity contribution in [3.63, 3.8) is 0 Å². The van der Waals surface area contributed by atoms with Crippen molar-refractivity contribution >= 4 is 27.5 Å². The first-order valence-corrected chi connectivity index (χ1v) is 13.1. The number of sulfonamides is 1. The van der Waals surface area contributed by atoms with Crippen LogP contribution in [0.15, 0.2) is 54.6 Å². The maximum Gasteiger partial charge on any atom is 0.244 e. The number of rotatable bonds is 11. The van der Waals surface area contributed by atoms with Crippen LogP contribution < -0.4 is 9.62 Å². The third-order valence-corrected chi connectivity index (χ3v) is 6.69. The second kappa shape index (κ2) is 11.8. The fourth-order valence-electron chi connectivity index (χ4n) is 3.54. The molecule has 180 valence electrons. The fraction of sp³-hybridized carbons (Fsp3) is 0.440. The molecule has 0 fully saturated rings. The molecule has 0 aromatic heterocycles. The van der Waals surface area contributed by atoms with E-state index in [1.165, 1.54) is 4.90 Å². The van der Waals surface area contributed by atoms with E-state index in [0.717, 1.165) is 28.1 Å². The van der Waals surface area contributed by atoms with Crippen molar-refractivity contribution in [1.82, 2.24) is 10.2 Å². The molecule has 0 aliphatic rings. The molecule has 0 aliphatic carbocycles. The Kier molecular flexibility index (Phi) is 9.46. The Balaban J connectivity index is 2.41. The molecule has 0 heterocycles. The zero-order valence-corrected chi connectivity index (χ0v) is 20.9. The topological polar surface area (TPSA) is 86.8 Å². The highest BCUT2D eigenvalue weighted by Gasteiger charge is 2.32. The molecular weight excluding hydrogens is 438 g/mol. The molecule has 0 aliphatic heterocycles. The minimum Gasteiger partial charge on any atom is -0.352 e. The highest BCUT2D eigenvalue weighted by Crippen LogP contribution is 2.20. The highest BCUT2D eigenvalue weighted by atomic mass is 32.2. The minimum absolute atomic E-state index is 0.0277. The summed E-state index contributed by atoms with van der Waals surface area (Å²) in [6, 6.07) is 15.6. The summed E-state index contributed by atoms with van der Waals surface area (Å²) < 4.78 is 26.3. The summed E-state index contributed by atoms with van der Waals surface area (Å²) in [5, 5.41) is 2.96. The third kappa shape index (κ3) is 7.60. The molecule has 2 atom stereocenters. The van der Waals surface area contributed by atoms with Crippen LogP contribution in [0.4, 0.5) is 5.69 Å². The molecule has 0 unspecified atom stereocenters. The molecule has 2 amide bonds. The van der Waals surface area contributed by atoms with Gasteiger partial charge in [0, 0.05) is 12.6 Å². The molecule has 0 saturated carbocycles.